The van der Waals surface area contributed by atoms with Crippen molar-refractivity contribution in [3.05, 3.63) is 63.3 Å². The van der Waals surface area contributed by atoms with Crippen LogP contribution in [-0.4, -0.2) is 51.8 Å². The van der Waals surface area contributed by atoms with Crippen LogP contribution in [0.25, 0.3) is 0 Å². The first-order valence-electron chi connectivity index (χ1n) is 14.5. The minimum absolute atomic E-state index is 0.0527. The van der Waals surface area contributed by atoms with Crippen molar-refractivity contribution >= 4 is 23.6 Å². The third-order valence-corrected chi connectivity index (χ3v) is 8.10. The minimum Gasteiger partial charge on any atom is -0.490 e. The number of pyridine rings is 1. The van der Waals surface area contributed by atoms with E-state index >= 15 is 0 Å². The van der Waals surface area contributed by atoms with E-state index in [1.165, 1.54) is 0 Å². The smallest absolute Gasteiger partial charge is 0.407 e. The molecule has 0 bridgehead atoms. The van der Waals surface area contributed by atoms with Gasteiger partial charge in [0.15, 0.2) is 0 Å². The molecule has 8 nitrogen and oxygen atoms in total. The van der Waals surface area contributed by atoms with Crippen molar-refractivity contribution in [1.82, 2.24) is 15.2 Å². The molecule has 0 atom stereocenters. The minimum atomic E-state index is -0.892. The van der Waals surface area contributed by atoms with Crippen LogP contribution in [0.1, 0.15) is 92.0 Å². The number of carbonyl (C=O) groups is 2. The van der Waals surface area contributed by atoms with E-state index in [2.05, 4.69) is 28.5 Å². The molecule has 2 heterocycles. The van der Waals surface area contributed by atoms with Gasteiger partial charge in [0, 0.05) is 45.5 Å². The predicted octanol–water partition coefficient (Wildman–Crippen LogP) is 6.89. The molecule has 0 saturated heterocycles. The van der Waals surface area contributed by atoms with Gasteiger partial charge >= 0.3 is 6.09 Å². The molecule has 1 aromatic carbocycles. The topological polar surface area (TPSA) is 101 Å². The summed E-state index contributed by atoms with van der Waals surface area (Å²) in [6.07, 6.45) is 9.40. The zero-order valence-electron chi connectivity index (χ0n) is 24.8. The lowest BCUT2D eigenvalue weighted by Gasteiger charge is -2.42. The zero-order chi connectivity index (χ0) is 29.7. The van der Waals surface area contributed by atoms with Gasteiger partial charge in [0.25, 0.3) is 5.91 Å². The summed E-state index contributed by atoms with van der Waals surface area (Å²) < 4.78 is 12.1. The molecule has 0 radical (unpaired) electrons. The van der Waals surface area contributed by atoms with E-state index in [9.17, 15) is 14.7 Å². The number of hydrogen-bond acceptors (Lipinski definition) is 5. The number of carbonyl (C=O) groups excluding carboxylic acids is 1. The standard InChI is InChI=1S/C32H42ClN3O5/c1-20-16-21-10-8-6-7-9-11-25-26(29(37)34-19-27(21)30(35-20)40-5)17-22(33)18-28(25)41-24-14-12-23(13-15-24)36(31(38)39)32(2,3)4/h7,9,16-18,23-24H,6,8,10-15,19H2,1-5H3,(H,34,37)(H,38,39)/b9-7+. The van der Waals surface area contributed by atoms with Crippen molar-refractivity contribution in [3.8, 4) is 11.6 Å². The molecule has 41 heavy (non-hydrogen) atoms. The van der Waals surface area contributed by atoms with Crippen LogP contribution in [0.15, 0.2) is 30.4 Å². The fourth-order valence-corrected chi connectivity index (χ4v) is 6.24. The molecule has 2 N–H and O–H groups in total. The van der Waals surface area contributed by atoms with E-state index < -0.39 is 11.6 Å². The average Bonchev–Trinajstić information content (AvgIpc) is 2.91. The van der Waals surface area contributed by atoms with Crippen LogP contribution >= 0.6 is 11.6 Å². The number of fused-ring (bicyclic) bond motifs is 2. The highest BCUT2D eigenvalue weighted by molar-refractivity contribution is 6.31. The lowest BCUT2D eigenvalue weighted by atomic mass is 9.89. The van der Waals surface area contributed by atoms with Gasteiger partial charge in [0.05, 0.1) is 13.2 Å². The number of methoxy groups -OCH3 is 1. The molecule has 1 aliphatic heterocycles. The van der Waals surface area contributed by atoms with Crippen molar-refractivity contribution in [2.45, 2.75) is 103 Å². The van der Waals surface area contributed by atoms with Gasteiger partial charge in [-0.2, -0.15) is 0 Å². The number of aryl methyl sites for hydroxylation is 2. The highest BCUT2D eigenvalue weighted by Gasteiger charge is 2.36. The van der Waals surface area contributed by atoms with E-state index in [0.717, 1.165) is 54.5 Å². The Labute approximate surface area is 248 Å². The molecule has 1 aromatic heterocycles. The Hall–Kier alpha value is -3.26. The van der Waals surface area contributed by atoms with Crippen LogP contribution in [0.4, 0.5) is 4.79 Å². The van der Waals surface area contributed by atoms with E-state index in [0.29, 0.717) is 41.5 Å². The number of carboxylic acid groups (broad SMARTS) is 1. The maximum atomic E-state index is 13.6. The number of amides is 2. The summed E-state index contributed by atoms with van der Waals surface area (Å²) in [7, 11) is 1.60. The highest BCUT2D eigenvalue weighted by atomic mass is 35.5. The van der Waals surface area contributed by atoms with E-state index in [1.807, 2.05) is 27.7 Å². The van der Waals surface area contributed by atoms with Crippen molar-refractivity contribution in [3.63, 3.8) is 0 Å². The number of halogens is 1. The monoisotopic (exact) mass is 583 g/mol. The van der Waals surface area contributed by atoms with Crippen molar-refractivity contribution in [2.24, 2.45) is 0 Å². The molecule has 1 fully saturated rings. The molecule has 2 amide bonds. The number of benzene rings is 1. The van der Waals surface area contributed by atoms with Gasteiger partial charge in [-0.05, 0) is 103 Å². The van der Waals surface area contributed by atoms with Gasteiger partial charge in [-0.15, -0.1) is 0 Å². The van der Waals surface area contributed by atoms with Crippen LogP contribution in [-0.2, 0) is 19.4 Å². The molecule has 2 aliphatic rings. The Morgan fingerprint density at radius 1 is 1.12 bits per heavy atom. The Morgan fingerprint density at radius 2 is 1.85 bits per heavy atom. The number of ether oxygens (including phenoxy) is 2. The second-order valence-corrected chi connectivity index (χ2v) is 12.4. The quantitative estimate of drug-likeness (QED) is 0.380. The van der Waals surface area contributed by atoms with Crippen molar-refractivity contribution < 1.29 is 24.2 Å². The van der Waals surface area contributed by atoms with Gasteiger partial charge in [0.1, 0.15) is 5.75 Å². The number of nitrogens with one attached hydrogen (secondary N) is 1. The molecular weight excluding hydrogens is 542 g/mol. The normalized spacial score (nSPS) is 20.7. The van der Waals surface area contributed by atoms with Gasteiger partial charge in [-0.1, -0.05) is 23.8 Å². The molecular formula is C32H42ClN3O5. The first kappa shape index (κ1) is 30.7. The maximum Gasteiger partial charge on any atom is 0.407 e. The number of hydrogen-bond donors (Lipinski definition) is 2. The predicted molar refractivity (Wildman–Crippen MR) is 160 cm³/mol. The molecule has 0 spiro atoms. The van der Waals surface area contributed by atoms with Gasteiger partial charge in [-0.3, -0.25) is 4.79 Å². The Morgan fingerprint density at radius 3 is 2.51 bits per heavy atom. The van der Waals surface area contributed by atoms with Crippen LogP contribution in [0, 0.1) is 6.92 Å². The third-order valence-electron chi connectivity index (χ3n) is 7.88. The lowest BCUT2D eigenvalue weighted by Crippen LogP contribution is -2.52. The molecule has 1 saturated carbocycles. The van der Waals surface area contributed by atoms with Crippen LogP contribution in [0.5, 0.6) is 11.6 Å². The second-order valence-electron chi connectivity index (χ2n) is 12.0. The third kappa shape index (κ3) is 7.53. The molecule has 9 heteroatoms. The average molecular weight is 584 g/mol. The summed E-state index contributed by atoms with van der Waals surface area (Å²) >= 11 is 6.53. The maximum absolute atomic E-state index is 13.6. The van der Waals surface area contributed by atoms with Crippen molar-refractivity contribution in [2.75, 3.05) is 7.11 Å². The van der Waals surface area contributed by atoms with Gasteiger partial charge in [-0.25, -0.2) is 9.78 Å². The van der Waals surface area contributed by atoms with E-state index in [-0.39, 0.29) is 24.6 Å². The number of aromatic nitrogens is 1. The number of rotatable bonds is 4. The SMILES string of the molecule is COc1nc(C)cc2c1CNC(=O)c1cc(Cl)cc(OC3CCC(N(C(=O)O)C(C)(C)C)CC3)c1C/C=C/CCC2. The summed E-state index contributed by atoms with van der Waals surface area (Å²) in [6.45, 7) is 8.01. The summed E-state index contributed by atoms with van der Waals surface area (Å²) in [5, 5.41) is 13.3. The zero-order valence-corrected chi connectivity index (χ0v) is 25.5. The first-order valence-corrected chi connectivity index (χ1v) is 14.8. The highest BCUT2D eigenvalue weighted by Crippen LogP contribution is 2.35. The lowest BCUT2D eigenvalue weighted by molar-refractivity contribution is 0.0366. The Balaban J connectivity index is 1.58. The summed E-state index contributed by atoms with van der Waals surface area (Å²) in [5.74, 6) is 0.899. The molecule has 4 rings (SSSR count). The first-order chi connectivity index (χ1) is 19.5. The number of nitrogens with zero attached hydrogens (tertiary/aromatic N) is 2. The van der Waals surface area contributed by atoms with E-state index in [1.54, 1.807) is 24.1 Å². The number of allylic oxidation sites excluding steroid dienone is 2. The second kappa shape index (κ2) is 13.1. The fourth-order valence-electron chi connectivity index (χ4n) is 6.03. The van der Waals surface area contributed by atoms with Crippen LogP contribution in [0.3, 0.4) is 0 Å². The summed E-state index contributed by atoms with van der Waals surface area (Å²) in [5.41, 5.74) is 3.70. The molecule has 1 aliphatic carbocycles. The Kier molecular flexibility index (Phi) is 9.84. The molecule has 2 aromatic rings. The van der Waals surface area contributed by atoms with Crippen molar-refractivity contribution in [1.29, 1.82) is 0 Å². The van der Waals surface area contributed by atoms with Crippen LogP contribution in [0.2, 0.25) is 5.02 Å². The molecule has 0 unspecified atom stereocenters. The van der Waals surface area contributed by atoms with E-state index in [4.69, 9.17) is 21.1 Å². The largest absolute Gasteiger partial charge is 0.490 e. The van der Waals surface area contributed by atoms with Gasteiger partial charge < -0.3 is 24.8 Å². The fraction of sp³-hybridized carbons (Fsp3) is 0.531. The Bertz CT molecular complexity index is 1300. The van der Waals surface area contributed by atoms with Gasteiger partial charge in [0.2, 0.25) is 5.88 Å². The summed E-state index contributed by atoms with van der Waals surface area (Å²) in [6, 6.07) is 5.50. The molecule has 222 valence electrons. The summed E-state index contributed by atoms with van der Waals surface area (Å²) in [4.78, 5) is 31.7. The van der Waals surface area contributed by atoms with Crippen LogP contribution < -0.4 is 14.8 Å².